The second kappa shape index (κ2) is 7.61. The van der Waals surface area contributed by atoms with Gasteiger partial charge in [-0.1, -0.05) is 25.7 Å². The zero-order valence-electron chi connectivity index (χ0n) is 12.3. The smallest absolute Gasteiger partial charge is 0.0499 e. The molecule has 2 rings (SSSR count). The summed E-state index contributed by atoms with van der Waals surface area (Å²) in [6, 6.07) is 0.652. The van der Waals surface area contributed by atoms with Gasteiger partial charge in [0.2, 0.25) is 0 Å². The van der Waals surface area contributed by atoms with Gasteiger partial charge < -0.3 is 10.2 Å². The van der Waals surface area contributed by atoms with Crippen molar-refractivity contribution in [2.75, 3.05) is 26.3 Å². The van der Waals surface area contributed by atoms with Crippen molar-refractivity contribution in [2.24, 2.45) is 5.41 Å². The molecule has 0 bridgehead atoms. The van der Waals surface area contributed by atoms with Crippen LogP contribution >= 0.6 is 0 Å². The van der Waals surface area contributed by atoms with Crippen molar-refractivity contribution >= 4 is 0 Å². The van der Waals surface area contributed by atoms with Crippen LogP contribution in [0.15, 0.2) is 0 Å². The fourth-order valence-corrected chi connectivity index (χ4v) is 4.03. The summed E-state index contributed by atoms with van der Waals surface area (Å²) >= 11 is 0. The second-order valence-electron chi connectivity index (χ2n) is 6.70. The number of aliphatic hydroxyl groups is 2. The van der Waals surface area contributed by atoms with Crippen molar-refractivity contribution in [2.45, 2.75) is 70.3 Å². The third-order valence-corrected chi connectivity index (χ3v) is 5.23. The van der Waals surface area contributed by atoms with Gasteiger partial charge in [-0.25, -0.2) is 0 Å². The Kier molecular flexibility index (Phi) is 6.11. The van der Waals surface area contributed by atoms with Gasteiger partial charge in [0.1, 0.15) is 0 Å². The molecule has 3 heteroatoms. The molecule has 2 aliphatic rings. The van der Waals surface area contributed by atoms with E-state index in [4.69, 9.17) is 5.11 Å². The standard InChI is InChI=1S/C16H31NO2/c18-12-6-8-15-7-5-11-17(15)13-16(14-19)9-3-1-2-4-10-16/h15,18-19H,1-14H2. The number of hydrogen-bond acceptors (Lipinski definition) is 3. The van der Waals surface area contributed by atoms with E-state index >= 15 is 0 Å². The SMILES string of the molecule is OCCCC1CCCN1CC1(CO)CCCCCC1. The van der Waals surface area contributed by atoms with Crippen molar-refractivity contribution in [3.05, 3.63) is 0 Å². The molecule has 1 atom stereocenters. The van der Waals surface area contributed by atoms with Gasteiger partial charge in [0.15, 0.2) is 0 Å². The summed E-state index contributed by atoms with van der Waals surface area (Å²) in [6.07, 6.45) is 12.3. The maximum atomic E-state index is 9.92. The van der Waals surface area contributed by atoms with Gasteiger partial charge in [-0.05, 0) is 45.1 Å². The molecule has 1 aliphatic carbocycles. The number of likely N-dealkylation sites (tertiary alicyclic amines) is 1. The molecule has 0 radical (unpaired) electrons. The lowest BCUT2D eigenvalue weighted by Gasteiger charge is -2.37. The average Bonchev–Trinajstić information content (AvgIpc) is 2.72. The van der Waals surface area contributed by atoms with Gasteiger partial charge in [0, 0.05) is 31.2 Å². The highest BCUT2D eigenvalue weighted by molar-refractivity contribution is 4.89. The minimum absolute atomic E-state index is 0.165. The Bertz CT molecular complexity index is 249. The molecule has 0 spiro atoms. The zero-order valence-corrected chi connectivity index (χ0v) is 12.3. The molecule has 0 aromatic carbocycles. The van der Waals surface area contributed by atoms with Gasteiger partial charge in [0.05, 0.1) is 0 Å². The van der Waals surface area contributed by atoms with E-state index < -0.39 is 0 Å². The van der Waals surface area contributed by atoms with E-state index in [9.17, 15) is 5.11 Å². The Morgan fingerprint density at radius 1 is 1.00 bits per heavy atom. The highest BCUT2D eigenvalue weighted by Crippen LogP contribution is 2.37. The number of rotatable bonds is 6. The van der Waals surface area contributed by atoms with Crippen LogP contribution in [0.3, 0.4) is 0 Å². The summed E-state index contributed by atoms with van der Waals surface area (Å²) in [7, 11) is 0. The summed E-state index contributed by atoms with van der Waals surface area (Å²) in [5, 5.41) is 18.9. The predicted molar refractivity (Wildman–Crippen MR) is 78.1 cm³/mol. The van der Waals surface area contributed by atoms with Crippen LogP contribution < -0.4 is 0 Å². The molecule has 1 aliphatic heterocycles. The minimum Gasteiger partial charge on any atom is -0.396 e. The highest BCUT2D eigenvalue weighted by Gasteiger charge is 2.35. The molecule has 19 heavy (non-hydrogen) atoms. The summed E-state index contributed by atoms with van der Waals surface area (Å²) in [6.45, 7) is 2.95. The molecule has 1 saturated heterocycles. The Hall–Kier alpha value is -0.120. The lowest BCUT2D eigenvalue weighted by molar-refractivity contribution is 0.0520. The fourth-order valence-electron chi connectivity index (χ4n) is 4.03. The molecule has 1 heterocycles. The molecule has 0 amide bonds. The van der Waals surface area contributed by atoms with Crippen LogP contribution in [-0.4, -0.2) is 47.5 Å². The van der Waals surface area contributed by atoms with Gasteiger partial charge in [0.25, 0.3) is 0 Å². The van der Waals surface area contributed by atoms with E-state index in [1.54, 1.807) is 0 Å². The van der Waals surface area contributed by atoms with E-state index in [1.807, 2.05) is 0 Å². The fraction of sp³-hybridized carbons (Fsp3) is 1.00. The van der Waals surface area contributed by atoms with Gasteiger partial charge in [-0.15, -0.1) is 0 Å². The number of hydrogen-bond donors (Lipinski definition) is 2. The molecule has 112 valence electrons. The molecule has 3 nitrogen and oxygen atoms in total. The normalized spacial score (nSPS) is 28.4. The van der Waals surface area contributed by atoms with Gasteiger partial charge in [-0.3, -0.25) is 4.90 Å². The maximum Gasteiger partial charge on any atom is 0.0499 e. The quantitative estimate of drug-likeness (QED) is 0.728. The lowest BCUT2D eigenvalue weighted by Crippen LogP contribution is -2.42. The van der Waals surface area contributed by atoms with Crippen LogP contribution in [0.25, 0.3) is 0 Å². The Labute approximate surface area is 118 Å². The Morgan fingerprint density at radius 3 is 2.37 bits per heavy atom. The first kappa shape index (κ1) is 15.3. The van der Waals surface area contributed by atoms with E-state index in [2.05, 4.69) is 4.90 Å². The lowest BCUT2D eigenvalue weighted by atomic mass is 9.80. The molecule has 0 aromatic heterocycles. The number of nitrogens with zero attached hydrogens (tertiary/aromatic N) is 1. The second-order valence-corrected chi connectivity index (χ2v) is 6.70. The highest BCUT2D eigenvalue weighted by atomic mass is 16.3. The summed E-state index contributed by atoms with van der Waals surface area (Å²) < 4.78 is 0. The number of aliphatic hydroxyl groups excluding tert-OH is 2. The molecular formula is C16H31NO2. The third-order valence-electron chi connectivity index (χ3n) is 5.23. The largest absolute Gasteiger partial charge is 0.396 e. The van der Waals surface area contributed by atoms with Crippen LogP contribution in [0.1, 0.15) is 64.2 Å². The average molecular weight is 269 g/mol. The van der Waals surface area contributed by atoms with Crippen LogP contribution in [0.4, 0.5) is 0 Å². The van der Waals surface area contributed by atoms with Crippen molar-refractivity contribution in [1.82, 2.24) is 4.90 Å². The molecule has 0 aromatic rings. The van der Waals surface area contributed by atoms with E-state index in [0.717, 1.165) is 19.4 Å². The van der Waals surface area contributed by atoms with Crippen molar-refractivity contribution in [3.63, 3.8) is 0 Å². The summed E-state index contributed by atoms with van der Waals surface area (Å²) in [5.41, 5.74) is 0.165. The van der Waals surface area contributed by atoms with Crippen LogP contribution in [0.2, 0.25) is 0 Å². The Morgan fingerprint density at radius 2 is 1.74 bits per heavy atom. The van der Waals surface area contributed by atoms with Crippen molar-refractivity contribution in [1.29, 1.82) is 0 Å². The molecule has 1 saturated carbocycles. The Balaban J connectivity index is 1.92. The van der Waals surface area contributed by atoms with Gasteiger partial charge in [-0.2, -0.15) is 0 Å². The van der Waals surface area contributed by atoms with E-state index in [-0.39, 0.29) is 5.41 Å². The summed E-state index contributed by atoms with van der Waals surface area (Å²) in [5.74, 6) is 0. The first-order chi connectivity index (χ1) is 9.29. The topological polar surface area (TPSA) is 43.7 Å². The van der Waals surface area contributed by atoms with Crippen LogP contribution in [0, 0.1) is 5.41 Å². The van der Waals surface area contributed by atoms with E-state index in [0.29, 0.717) is 19.3 Å². The first-order valence-corrected chi connectivity index (χ1v) is 8.25. The zero-order chi connectivity index (χ0) is 13.6. The van der Waals surface area contributed by atoms with Crippen LogP contribution in [0.5, 0.6) is 0 Å². The van der Waals surface area contributed by atoms with Crippen molar-refractivity contribution in [3.8, 4) is 0 Å². The van der Waals surface area contributed by atoms with Crippen molar-refractivity contribution < 1.29 is 10.2 Å². The predicted octanol–water partition coefficient (Wildman–Crippen LogP) is 2.56. The van der Waals surface area contributed by atoms with Crippen LogP contribution in [-0.2, 0) is 0 Å². The maximum absolute atomic E-state index is 9.92. The first-order valence-electron chi connectivity index (χ1n) is 8.25. The molecule has 1 unspecified atom stereocenters. The van der Waals surface area contributed by atoms with E-state index in [1.165, 1.54) is 57.9 Å². The molecule has 2 N–H and O–H groups in total. The molecular weight excluding hydrogens is 238 g/mol. The molecule has 2 fully saturated rings. The minimum atomic E-state index is 0.165. The third kappa shape index (κ3) is 4.17. The van der Waals surface area contributed by atoms with Gasteiger partial charge >= 0.3 is 0 Å². The monoisotopic (exact) mass is 269 g/mol. The summed E-state index contributed by atoms with van der Waals surface area (Å²) in [4.78, 5) is 2.61.